The fourth-order valence-corrected chi connectivity index (χ4v) is 3.32. The standard InChI is InChI=1S/C16H30O2/c1-7-18-15(16(4,5)6)14(17)13-9-11(2)8-12(3)10-13/h11-13,15H,7-10H2,1-6H3. The van der Waals surface area contributed by atoms with E-state index in [1.807, 2.05) is 6.92 Å². The molecule has 18 heavy (non-hydrogen) atoms. The Morgan fingerprint density at radius 1 is 1.17 bits per heavy atom. The molecule has 0 radical (unpaired) electrons. The summed E-state index contributed by atoms with van der Waals surface area (Å²) in [6, 6.07) is 0. The summed E-state index contributed by atoms with van der Waals surface area (Å²) in [5, 5.41) is 0. The molecule has 0 spiro atoms. The first kappa shape index (κ1) is 15.7. The maximum Gasteiger partial charge on any atom is 0.165 e. The minimum atomic E-state index is -0.245. The molecule has 1 fully saturated rings. The summed E-state index contributed by atoms with van der Waals surface area (Å²) in [7, 11) is 0. The van der Waals surface area contributed by atoms with Gasteiger partial charge in [-0.2, -0.15) is 0 Å². The van der Waals surface area contributed by atoms with Gasteiger partial charge in [-0.15, -0.1) is 0 Å². The average molecular weight is 254 g/mol. The van der Waals surface area contributed by atoms with Gasteiger partial charge in [-0.1, -0.05) is 34.6 Å². The van der Waals surface area contributed by atoms with E-state index >= 15 is 0 Å². The number of ether oxygens (including phenoxy) is 1. The van der Waals surface area contributed by atoms with Crippen LogP contribution in [0.4, 0.5) is 0 Å². The van der Waals surface area contributed by atoms with E-state index in [0.717, 1.165) is 12.8 Å². The highest BCUT2D eigenvalue weighted by Gasteiger charge is 2.38. The number of Topliss-reactive ketones (excluding diaryl/α,β-unsaturated/α-hetero) is 1. The predicted molar refractivity (Wildman–Crippen MR) is 75.5 cm³/mol. The molecule has 3 atom stereocenters. The van der Waals surface area contributed by atoms with E-state index in [2.05, 4.69) is 34.6 Å². The largest absolute Gasteiger partial charge is 0.370 e. The van der Waals surface area contributed by atoms with Crippen LogP contribution in [0.2, 0.25) is 0 Å². The fraction of sp³-hybridized carbons (Fsp3) is 0.938. The number of carbonyl (C=O) groups excluding carboxylic acids is 1. The molecule has 1 saturated carbocycles. The SMILES string of the molecule is CCOC(C(=O)C1CC(C)CC(C)C1)C(C)(C)C. The second-order valence-electron chi connectivity index (χ2n) is 7.22. The summed E-state index contributed by atoms with van der Waals surface area (Å²) in [4.78, 5) is 12.7. The Hall–Kier alpha value is -0.370. The summed E-state index contributed by atoms with van der Waals surface area (Å²) in [5.74, 6) is 1.89. The first-order chi connectivity index (χ1) is 8.25. The summed E-state index contributed by atoms with van der Waals surface area (Å²) >= 11 is 0. The topological polar surface area (TPSA) is 26.3 Å². The normalized spacial score (nSPS) is 31.1. The van der Waals surface area contributed by atoms with Crippen molar-refractivity contribution in [1.29, 1.82) is 0 Å². The third-order valence-corrected chi connectivity index (χ3v) is 3.96. The third kappa shape index (κ3) is 4.08. The van der Waals surface area contributed by atoms with Crippen LogP contribution < -0.4 is 0 Å². The minimum absolute atomic E-state index is 0.100. The molecule has 0 saturated heterocycles. The van der Waals surface area contributed by atoms with Crippen molar-refractivity contribution in [1.82, 2.24) is 0 Å². The van der Waals surface area contributed by atoms with Gasteiger partial charge >= 0.3 is 0 Å². The van der Waals surface area contributed by atoms with Crippen LogP contribution in [-0.4, -0.2) is 18.5 Å². The highest BCUT2D eigenvalue weighted by Crippen LogP contribution is 2.36. The lowest BCUT2D eigenvalue weighted by atomic mass is 9.71. The van der Waals surface area contributed by atoms with Crippen LogP contribution in [0.25, 0.3) is 0 Å². The van der Waals surface area contributed by atoms with E-state index in [9.17, 15) is 4.79 Å². The molecule has 1 aliphatic carbocycles. The quantitative estimate of drug-likeness (QED) is 0.755. The molecule has 0 aromatic carbocycles. The lowest BCUT2D eigenvalue weighted by Crippen LogP contribution is -2.42. The maximum atomic E-state index is 12.7. The van der Waals surface area contributed by atoms with Crippen molar-refractivity contribution in [2.24, 2.45) is 23.2 Å². The van der Waals surface area contributed by atoms with Crippen molar-refractivity contribution in [2.75, 3.05) is 6.61 Å². The molecule has 0 bridgehead atoms. The first-order valence-electron chi connectivity index (χ1n) is 7.41. The summed E-state index contributed by atoms with van der Waals surface area (Å²) in [6.45, 7) is 13.4. The van der Waals surface area contributed by atoms with E-state index in [4.69, 9.17) is 4.74 Å². The second-order valence-corrected chi connectivity index (χ2v) is 7.22. The van der Waals surface area contributed by atoms with Crippen LogP contribution in [0, 0.1) is 23.2 Å². The third-order valence-electron chi connectivity index (χ3n) is 3.96. The molecule has 1 rings (SSSR count). The molecule has 0 aromatic rings. The van der Waals surface area contributed by atoms with E-state index in [1.165, 1.54) is 6.42 Å². The first-order valence-corrected chi connectivity index (χ1v) is 7.41. The van der Waals surface area contributed by atoms with Crippen molar-refractivity contribution in [3.63, 3.8) is 0 Å². The molecule has 0 heterocycles. The Kier molecular flexibility index (Phi) is 5.39. The number of hydrogen-bond donors (Lipinski definition) is 0. The maximum absolute atomic E-state index is 12.7. The Balaban J connectivity index is 2.76. The zero-order valence-electron chi connectivity index (χ0n) is 13.0. The van der Waals surface area contributed by atoms with Crippen LogP contribution in [-0.2, 0) is 9.53 Å². The van der Waals surface area contributed by atoms with Crippen molar-refractivity contribution in [3.8, 4) is 0 Å². The van der Waals surface area contributed by atoms with E-state index in [-0.39, 0.29) is 17.4 Å². The van der Waals surface area contributed by atoms with Crippen molar-refractivity contribution >= 4 is 5.78 Å². The van der Waals surface area contributed by atoms with Crippen molar-refractivity contribution in [2.45, 2.75) is 66.9 Å². The second kappa shape index (κ2) is 6.18. The molecule has 3 unspecified atom stereocenters. The zero-order chi connectivity index (χ0) is 13.9. The molecule has 0 amide bonds. The average Bonchev–Trinajstić information content (AvgIpc) is 2.22. The monoisotopic (exact) mass is 254 g/mol. The van der Waals surface area contributed by atoms with Gasteiger partial charge in [0, 0.05) is 12.5 Å². The predicted octanol–water partition coefficient (Wildman–Crippen LogP) is 4.08. The van der Waals surface area contributed by atoms with Gasteiger partial charge in [0.2, 0.25) is 0 Å². The van der Waals surface area contributed by atoms with Gasteiger partial charge in [0.05, 0.1) is 0 Å². The summed E-state index contributed by atoms with van der Waals surface area (Å²) in [5.41, 5.74) is -0.100. The zero-order valence-corrected chi connectivity index (χ0v) is 13.0. The summed E-state index contributed by atoms with van der Waals surface area (Å²) < 4.78 is 5.74. The van der Waals surface area contributed by atoms with E-state index < -0.39 is 0 Å². The molecular weight excluding hydrogens is 224 g/mol. The van der Waals surface area contributed by atoms with E-state index in [0.29, 0.717) is 24.2 Å². The van der Waals surface area contributed by atoms with Crippen LogP contribution in [0.1, 0.15) is 60.8 Å². The number of rotatable bonds is 4. The van der Waals surface area contributed by atoms with Gasteiger partial charge in [0.15, 0.2) is 5.78 Å². The molecule has 2 nitrogen and oxygen atoms in total. The van der Waals surface area contributed by atoms with Gasteiger partial charge in [0.1, 0.15) is 6.10 Å². The Bertz CT molecular complexity index is 267. The van der Waals surface area contributed by atoms with Crippen LogP contribution in [0.3, 0.4) is 0 Å². The van der Waals surface area contributed by atoms with Gasteiger partial charge in [0.25, 0.3) is 0 Å². The van der Waals surface area contributed by atoms with Crippen molar-refractivity contribution in [3.05, 3.63) is 0 Å². The lowest BCUT2D eigenvalue weighted by Gasteiger charge is -2.36. The number of ketones is 1. The van der Waals surface area contributed by atoms with Crippen LogP contribution >= 0.6 is 0 Å². The molecule has 0 N–H and O–H groups in total. The smallest absolute Gasteiger partial charge is 0.165 e. The van der Waals surface area contributed by atoms with Crippen LogP contribution in [0.5, 0.6) is 0 Å². The molecule has 0 aliphatic heterocycles. The molecule has 2 heteroatoms. The highest BCUT2D eigenvalue weighted by molar-refractivity contribution is 5.86. The lowest BCUT2D eigenvalue weighted by molar-refractivity contribution is -0.143. The van der Waals surface area contributed by atoms with Gasteiger partial charge < -0.3 is 4.74 Å². The Labute approximate surface area is 112 Å². The molecule has 1 aliphatic rings. The molecular formula is C16H30O2. The van der Waals surface area contributed by atoms with Crippen molar-refractivity contribution < 1.29 is 9.53 Å². The van der Waals surface area contributed by atoms with Gasteiger partial charge in [-0.25, -0.2) is 0 Å². The van der Waals surface area contributed by atoms with Gasteiger partial charge in [-0.3, -0.25) is 4.79 Å². The van der Waals surface area contributed by atoms with Crippen LogP contribution in [0.15, 0.2) is 0 Å². The van der Waals surface area contributed by atoms with E-state index in [1.54, 1.807) is 0 Å². The highest BCUT2D eigenvalue weighted by atomic mass is 16.5. The molecule has 0 aromatic heterocycles. The Morgan fingerprint density at radius 3 is 2.06 bits per heavy atom. The number of hydrogen-bond acceptors (Lipinski definition) is 2. The van der Waals surface area contributed by atoms with Gasteiger partial charge in [-0.05, 0) is 43.4 Å². The molecule has 106 valence electrons. The summed E-state index contributed by atoms with van der Waals surface area (Å²) in [6.07, 6.45) is 3.11. The Morgan fingerprint density at radius 2 is 1.67 bits per heavy atom. The fourth-order valence-electron chi connectivity index (χ4n) is 3.32. The minimum Gasteiger partial charge on any atom is -0.370 e. The number of carbonyl (C=O) groups is 1.